The molecule has 0 unspecified atom stereocenters. The van der Waals surface area contributed by atoms with Gasteiger partial charge in [-0.3, -0.25) is 4.68 Å². The van der Waals surface area contributed by atoms with Crippen molar-refractivity contribution in [3.8, 4) is 0 Å². The van der Waals surface area contributed by atoms with Gasteiger partial charge in [0.05, 0.1) is 5.69 Å². The third-order valence-corrected chi connectivity index (χ3v) is 3.00. The summed E-state index contributed by atoms with van der Waals surface area (Å²) in [5.74, 6) is 0.507. The zero-order valence-corrected chi connectivity index (χ0v) is 11.2. The molecule has 7 nitrogen and oxygen atoms in total. The zero-order valence-electron chi connectivity index (χ0n) is 11.2. The molecule has 0 aliphatic rings. The number of aryl methyl sites for hydroxylation is 3. The van der Waals surface area contributed by atoms with E-state index in [1.807, 2.05) is 17.8 Å². The molecular weight excluding hydrogens is 246 g/mol. The lowest BCUT2D eigenvalue weighted by Gasteiger charge is -2.08. The Balaban J connectivity index is 2.08. The van der Waals surface area contributed by atoms with Crippen molar-refractivity contribution in [2.24, 2.45) is 14.1 Å². The van der Waals surface area contributed by atoms with Crippen LogP contribution in [0.15, 0.2) is 12.4 Å². The quantitative estimate of drug-likeness (QED) is 0.834. The van der Waals surface area contributed by atoms with E-state index in [9.17, 15) is 9.90 Å². The highest BCUT2D eigenvalue weighted by Crippen LogP contribution is 2.18. The molecule has 0 atom stereocenters. The van der Waals surface area contributed by atoms with E-state index in [1.165, 1.54) is 0 Å². The number of rotatable bonds is 5. The van der Waals surface area contributed by atoms with Gasteiger partial charge < -0.3 is 15.0 Å². The predicted octanol–water partition coefficient (Wildman–Crippen LogP) is 0.815. The first-order valence-corrected chi connectivity index (χ1v) is 5.97. The smallest absolute Gasteiger partial charge is 0.341 e. The Morgan fingerprint density at radius 2 is 2.21 bits per heavy atom. The lowest BCUT2D eigenvalue weighted by Crippen LogP contribution is -2.13. The first-order chi connectivity index (χ1) is 9.00. The normalized spacial score (nSPS) is 10.7. The van der Waals surface area contributed by atoms with Crippen LogP contribution in [-0.2, 0) is 20.5 Å². The van der Waals surface area contributed by atoms with Crippen molar-refractivity contribution in [3.05, 3.63) is 29.5 Å². The van der Waals surface area contributed by atoms with Crippen LogP contribution < -0.4 is 5.32 Å². The first-order valence-electron chi connectivity index (χ1n) is 5.97. The fraction of sp³-hybridized carbons (Fsp3) is 0.417. The molecule has 0 saturated carbocycles. The Labute approximate surface area is 110 Å². The van der Waals surface area contributed by atoms with E-state index >= 15 is 0 Å². The second kappa shape index (κ2) is 5.13. The second-order valence-corrected chi connectivity index (χ2v) is 4.37. The Kier molecular flexibility index (Phi) is 3.55. The van der Waals surface area contributed by atoms with Crippen molar-refractivity contribution in [2.45, 2.75) is 13.3 Å². The number of imidazole rings is 1. The SMILES string of the molecule is Cc1nn(C)c(NCCc2nccn2C)c1C(=O)O. The molecule has 2 aromatic heterocycles. The molecule has 0 saturated heterocycles. The van der Waals surface area contributed by atoms with Crippen molar-refractivity contribution in [1.82, 2.24) is 19.3 Å². The van der Waals surface area contributed by atoms with E-state index < -0.39 is 5.97 Å². The maximum atomic E-state index is 11.2. The van der Waals surface area contributed by atoms with Gasteiger partial charge in [-0.2, -0.15) is 5.10 Å². The second-order valence-electron chi connectivity index (χ2n) is 4.37. The topological polar surface area (TPSA) is 85.0 Å². The van der Waals surface area contributed by atoms with Crippen molar-refractivity contribution < 1.29 is 9.90 Å². The van der Waals surface area contributed by atoms with E-state index in [0.717, 1.165) is 5.82 Å². The lowest BCUT2D eigenvalue weighted by atomic mass is 10.2. The molecule has 2 rings (SSSR count). The van der Waals surface area contributed by atoms with E-state index in [4.69, 9.17) is 0 Å². The van der Waals surface area contributed by atoms with Crippen molar-refractivity contribution in [1.29, 1.82) is 0 Å². The minimum atomic E-state index is -0.968. The molecule has 0 aliphatic heterocycles. The molecule has 2 N–H and O–H groups in total. The first kappa shape index (κ1) is 13.1. The van der Waals surface area contributed by atoms with Gasteiger partial charge in [0.15, 0.2) is 0 Å². The Bertz CT molecular complexity index is 599. The molecule has 0 aromatic carbocycles. The van der Waals surface area contributed by atoms with Crippen LogP contribution >= 0.6 is 0 Å². The van der Waals surface area contributed by atoms with E-state index in [0.29, 0.717) is 24.5 Å². The standard InChI is InChI=1S/C12H17N5O2/c1-8-10(12(18)19)11(17(3)15-8)14-5-4-9-13-6-7-16(9)2/h6-7,14H,4-5H2,1-3H3,(H,18,19). The van der Waals surface area contributed by atoms with E-state index in [-0.39, 0.29) is 5.56 Å². The molecule has 102 valence electrons. The van der Waals surface area contributed by atoms with E-state index in [2.05, 4.69) is 15.4 Å². The number of anilines is 1. The molecule has 2 aromatic rings. The van der Waals surface area contributed by atoms with Gasteiger partial charge in [-0.25, -0.2) is 9.78 Å². The maximum Gasteiger partial charge on any atom is 0.341 e. The molecule has 19 heavy (non-hydrogen) atoms. The van der Waals surface area contributed by atoms with E-state index in [1.54, 1.807) is 24.9 Å². The molecule has 0 spiro atoms. The average molecular weight is 263 g/mol. The number of nitrogens with zero attached hydrogens (tertiary/aromatic N) is 4. The molecule has 0 bridgehead atoms. The third kappa shape index (κ3) is 2.59. The Morgan fingerprint density at radius 3 is 2.79 bits per heavy atom. The zero-order chi connectivity index (χ0) is 14.0. The number of aromatic carboxylic acids is 1. The fourth-order valence-corrected chi connectivity index (χ4v) is 2.05. The summed E-state index contributed by atoms with van der Waals surface area (Å²) < 4.78 is 3.49. The molecule has 0 amide bonds. The molecule has 0 radical (unpaired) electrons. The summed E-state index contributed by atoms with van der Waals surface area (Å²) in [5.41, 5.74) is 0.733. The Hall–Kier alpha value is -2.31. The van der Waals surface area contributed by atoms with Gasteiger partial charge in [-0.15, -0.1) is 0 Å². The third-order valence-electron chi connectivity index (χ3n) is 3.00. The van der Waals surface area contributed by atoms with Gasteiger partial charge in [0.2, 0.25) is 0 Å². The molecule has 0 fully saturated rings. The Morgan fingerprint density at radius 1 is 1.47 bits per heavy atom. The molecule has 7 heteroatoms. The van der Waals surface area contributed by atoms with Gasteiger partial charge in [0.1, 0.15) is 17.2 Å². The minimum Gasteiger partial charge on any atom is -0.477 e. The van der Waals surface area contributed by atoms with Crippen LogP contribution in [-0.4, -0.2) is 37.0 Å². The largest absolute Gasteiger partial charge is 0.477 e. The van der Waals surface area contributed by atoms with Gasteiger partial charge in [-0.05, 0) is 6.92 Å². The number of carboxylic acid groups (broad SMARTS) is 1. The van der Waals surface area contributed by atoms with Crippen molar-refractivity contribution in [3.63, 3.8) is 0 Å². The summed E-state index contributed by atoms with van der Waals surface area (Å²) in [6.45, 7) is 2.29. The highest BCUT2D eigenvalue weighted by molar-refractivity contribution is 5.94. The fourth-order valence-electron chi connectivity index (χ4n) is 2.05. The summed E-state index contributed by atoms with van der Waals surface area (Å²) in [6, 6.07) is 0. The van der Waals surface area contributed by atoms with Crippen LogP contribution in [0.4, 0.5) is 5.82 Å². The summed E-state index contributed by atoms with van der Waals surface area (Å²) in [4.78, 5) is 15.4. The molecule has 0 aliphatic carbocycles. The van der Waals surface area contributed by atoms with Crippen molar-refractivity contribution in [2.75, 3.05) is 11.9 Å². The summed E-state index contributed by atoms with van der Waals surface area (Å²) in [6.07, 6.45) is 4.34. The van der Waals surface area contributed by atoms with Crippen molar-refractivity contribution >= 4 is 11.8 Å². The van der Waals surface area contributed by atoms with Crippen LogP contribution in [0.3, 0.4) is 0 Å². The van der Waals surface area contributed by atoms with Gasteiger partial charge >= 0.3 is 5.97 Å². The van der Waals surface area contributed by atoms with Crippen LogP contribution in [0.2, 0.25) is 0 Å². The monoisotopic (exact) mass is 263 g/mol. The number of nitrogens with one attached hydrogen (secondary N) is 1. The number of hydrogen-bond donors (Lipinski definition) is 2. The lowest BCUT2D eigenvalue weighted by molar-refractivity contribution is 0.0697. The predicted molar refractivity (Wildman–Crippen MR) is 70.3 cm³/mol. The summed E-state index contributed by atoms with van der Waals surface area (Å²) in [7, 11) is 3.65. The van der Waals surface area contributed by atoms with Crippen LogP contribution in [0.5, 0.6) is 0 Å². The summed E-state index contributed by atoms with van der Waals surface area (Å²) >= 11 is 0. The number of hydrogen-bond acceptors (Lipinski definition) is 4. The number of aromatic nitrogens is 4. The maximum absolute atomic E-state index is 11.2. The highest BCUT2D eigenvalue weighted by Gasteiger charge is 2.19. The van der Waals surface area contributed by atoms with Gasteiger partial charge in [0, 0.05) is 39.5 Å². The van der Waals surface area contributed by atoms with Gasteiger partial charge in [0.25, 0.3) is 0 Å². The van der Waals surface area contributed by atoms with Crippen LogP contribution in [0.1, 0.15) is 21.9 Å². The number of carbonyl (C=O) groups is 1. The minimum absolute atomic E-state index is 0.224. The van der Waals surface area contributed by atoms with Crippen LogP contribution in [0.25, 0.3) is 0 Å². The average Bonchev–Trinajstić information content (AvgIpc) is 2.84. The molecule has 2 heterocycles. The van der Waals surface area contributed by atoms with Crippen LogP contribution in [0, 0.1) is 6.92 Å². The molecular formula is C12H17N5O2. The van der Waals surface area contributed by atoms with Gasteiger partial charge in [-0.1, -0.05) is 0 Å². The number of carboxylic acids is 1. The summed E-state index contributed by atoms with van der Waals surface area (Å²) in [5, 5.41) is 16.4. The highest BCUT2D eigenvalue weighted by atomic mass is 16.4.